The van der Waals surface area contributed by atoms with Gasteiger partial charge < -0.3 is 10.8 Å². The summed E-state index contributed by atoms with van der Waals surface area (Å²) in [6, 6.07) is 4.08. The van der Waals surface area contributed by atoms with Crippen LogP contribution in [0, 0.1) is 12.7 Å². The molecule has 1 aromatic heterocycles. The van der Waals surface area contributed by atoms with E-state index in [4.69, 9.17) is 17.3 Å². The van der Waals surface area contributed by atoms with Gasteiger partial charge in [0.15, 0.2) is 0 Å². The molecule has 2 unspecified atom stereocenters. The third-order valence-corrected chi connectivity index (χ3v) is 4.06. The monoisotopic (exact) mass is 300 g/mol. The predicted octanol–water partition coefficient (Wildman–Crippen LogP) is 3.02. The van der Waals surface area contributed by atoms with Gasteiger partial charge in [-0.3, -0.25) is 0 Å². The van der Waals surface area contributed by atoms with Gasteiger partial charge in [-0.05, 0) is 24.6 Å². The van der Waals surface area contributed by atoms with Gasteiger partial charge >= 0.3 is 0 Å². The first-order valence-corrected chi connectivity index (χ1v) is 7.03. The van der Waals surface area contributed by atoms with Gasteiger partial charge in [0.25, 0.3) is 0 Å². The van der Waals surface area contributed by atoms with E-state index in [1.807, 2.05) is 6.92 Å². The van der Waals surface area contributed by atoms with Gasteiger partial charge in [-0.1, -0.05) is 17.7 Å². The van der Waals surface area contributed by atoms with E-state index in [0.717, 1.165) is 5.01 Å². The zero-order valence-electron chi connectivity index (χ0n) is 10.3. The average Bonchev–Trinajstić information content (AvgIpc) is 2.79. The molecule has 1 heterocycles. The lowest BCUT2D eigenvalue weighted by molar-refractivity contribution is 0.143. The Balaban J connectivity index is 2.33. The van der Waals surface area contributed by atoms with Gasteiger partial charge in [0.05, 0.1) is 10.7 Å². The summed E-state index contributed by atoms with van der Waals surface area (Å²) in [5.74, 6) is -0.821. The Morgan fingerprint density at radius 2 is 2.26 bits per heavy atom. The van der Waals surface area contributed by atoms with Gasteiger partial charge in [0, 0.05) is 22.9 Å². The van der Waals surface area contributed by atoms with Crippen molar-refractivity contribution in [2.45, 2.75) is 18.9 Å². The van der Waals surface area contributed by atoms with E-state index in [1.54, 1.807) is 11.4 Å². The summed E-state index contributed by atoms with van der Waals surface area (Å²) in [6.45, 7) is 2.06. The number of halogens is 2. The maximum Gasteiger partial charge on any atom is 0.124 e. The summed E-state index contributed by atoms with van der Waals surface area (Å²) >= 11 is 7.47. The van der Waals surface area contributed by atoms with Gasteiger partial charge in [0.2, 0.25) is 0 Å². The summed E-state index contributed by atoms with van der Waals surface area (Å²) in [6.07, 6.45) is -0.849. The molecular weight excluding hydrogens is 287 g/mol. The lowest BCUT2D eigenvalue weighted by Gasteiger charge is -2.21. The molecule has 3 nitrogen and oxygen atoms in total. The lowest BCUT2D eigenvalue weighted by atomic mass is 9.92. The molecule has 3 N–H and O–H groups in total. The van der Waals surface area contributed by atoms with Crippen LogP contribution in [0.2, 0.25) is 5.02 Å². The maximum absolute atomic E-state index is 13.1. The third-order valence-electron chi connectivity index (χ3n) is 2.94. The number of aromatic nitrogens is 1. The van der Waals surface area contributed by atoms with Crippen LogP contribution in [0.4, 0.5) is 4.39 Å². The molecule has 19 heavy (non-hydrogen) atoms. The van der Waals surface area contributed by atoms with Crippen LogP contribution in [-0.4, -0.2) is 16.6 Å². The van der Waals surface area contributed by atoms with Gasteiger partial charge in [0.1, 0.15) is 11.9 Å². The molecule has 0 saturated carbocycles. The number of nitrogens with zero attached hydrogens (tertiary/aromatic N) is 1. The van der Waals surface area contributed by atoms with Crippen molar-refractivity contribution in [1.29, 1.82) is 0 Å². The molecule has 0 saturated heterocycles. The van der Waals surface area contributed by atoms with Crippen LogP contribution in [0.1, 0.15) is 28.3 Å². The normalized spacial score (nSPS) is 14.4. The van der Waals surface area contributed by atoms with Crippen LogP contribution < -0.4 is 5.73 Å². The molecule has 1 aromatic carbocycles. The summed E-state index contributed by atoms with van der Waals surface area (Å²) in [5.41, 5.74) is 6.92. The summed E-state index contributed by atoms with van der Waals surface area (Å²) in [4.78, 5) is 4.25. The lowest BCUT2D eigenvalue weighted by Crippen LogP contribution is -2.21. The first kappa shape index (κ1) is 14.4. The van der Waals surface area contributed by atoms with Crippen molar-refractivity contribution >= 4 is 22.9 Å². The quantitative estimate of drug-likeness (QED) is 0.912. The van der Waals surface area contributed by atoms with Crippen LogP contribution in [-0.2, 0) is 0 Å². The molecule has 2 rings (SSSR count). The summed E-state index contributed by atoms with van der Waals surface area (Å²) in [7, 11) is 0. The van der Waals surface area contributed by atoms with E-state index in [0.29, 0.717) is 11.3 Å². The molecular formula is C13H14ClFN2OS. The molecule has 0 amide bonds. The van der Waals surface area contributed by atoms with E-state index in [1.165, 1.54) is 23.5 Å². The largest absolute Gasteiger partial charge is 0.386 e. The first-order valence-electron chi connectivity index (χ1n) is 5.78. The topological polar surface area (TPSA) is 59.1 Å². The first-order chi connectivity index (χ1) is 9.02. The molecule has 2 aromatic rings. The smallest absolute Gasteiger partial charge is 0.124 e. The molecule has 2 atom stereocenters. The molecule has 6 heteroatoms. The number of hydrogen-bond acceptors (Lipinski definition) is 4. The number of hydrogen-bond donors (Lipinski definition) is 2. The Morgan fingerprint density at radius 3 is 2.79 bits per heavy atom. The highest BCUT2D eigenvalue weighted by atomic mass is 35.5. The highest BCUT2D eigenvalue weighted by Gasteiger charge is 2.25. The van der Waals surface area contributed by atoms with E-state index in [2.05, 4.69) is 4.98 Å². The second-order valence-electron chi connectivity index (χ2n) is 4.24. The minimum absolute atomic E-state index is 0.198. The van der Waals surface area contributed by atoms with Crippen molar-refractivity contribution in [2.75, 3.05) is 6.54 Å². The molecule has 0 fully saturated rings. The van der Waals surface area contributed by atoms with Gasteiger partial charge in [-0.15, -0.1) is 11.3 Å². The van der Waals surface area contributed by atoms with E-state index >= 15 is 0 Å². The van der Waals surface area contributed by atoms with Gasteiger partial charge in [-0.2, -0.15) is 0 Å². The number of aliphatic hydroxyl groups is 1. The van der Waals surface area contributed by atoms with Crippen molar-refractivity contribution in [2.24, 2.45) is 5.73 Å². The third kappa shape index (κ3) is 3.12. The summed E-state index contributed by atoms with van der Waals surface area (Å²) in [5, 5.41) is 13.3. The van der Waals surface area contributed by atoms with Crippen molar-refractivity contribution in [1.82, 2.24) is 4.98 Å². The molecule has 0 bridgehead atoms. The molecule has 102 valence electrons. The van der Waals surface area contributed by atoms with Crippen LogP contribution in [0.5, 0.6) is 0 Å². The minimum atomic E-state index is -0.849. The highest BCUT2D eigenvalue weighted by molar-refractivity contribution is 7.09. The number of aryl methyl sites for hydroxylation is 1. The number of rotatable bonds is 4. The van der Waals surface area contributed by atoms with E-state index in [-0.39, 0.29) is 11.6 Å². The Kier molecular flexibility index (Phi) is 4.52. The van der Waals surface area contributed by atoms with E-state index < -0.39 is 17.8 Å². The van der Waals surface area contributed by atoms with Crippen molar-refractivity contribution in [3.63, 3.8) is 0 Å². The average molecular weight is 301 g/mol. The second-order valence-corrected chi connectivity index (χ2v) is 5.71. The molecule has 0 radical (unpaired) electrons. The summed E-state index contributed by atoms with van der Waals surface area (Å²) < 4.78 is 13.1. The Morgan fingerprint density at radius 1 is 1.53 bits per heavy atom. The Labute approximate surface area is 119 Å². The molecule has 0 aliphatic carbocycles. The van der Waals surface area contributed by atoms with Crippen molar-refractivity contribution in [3.05, 3.63) is 50.7 Å². The Bertz CT molecular complexity index is 576. The van der Waals surface area contributed by atoms with Crippen LogP contribution in [0.15, 0.2) is 23.6 Å². The van der Waals surface area contributed by atoms with Crippen molar-refractivity contribution in [3.8, 4) is 0 Å². The SMILES string of the molecule is Cc1nc(C(O)C(CN)c2ccc(F)cc2Cl)cs1. The number of aliphatic hydroxyl groups excluding tert-OH is 1. The molecule has 0 aliphatic rings. The fourth-order valence-electron chi connectivity index (χ4n) is 1.95. The number of thiazole rings is 1. The fraction of sp³-hybridized carbons (Fsp3) is 0.308. The molecule has 0 aliphatic heterocycles. The zero-order valence-corrected chi connectivity index (χ0v) is 11.9. The van der Waals surface area contributed by atoms with E-state index in [9.17, 15) is 9.50 Å². The standard InChI is InChI=1S/C13H14ClFN2OS/c1-7-17-12(6-19-7)13(18)10(5-16)9-3-2-8(15)4-11(9)14/h2-4,6,10,13,18H,5,16H2,1H3. The van der Waals surface area contributed by atoms with Crippen molar-refractivity contribution < 1.29 is 9.50 Å². The fourth-order valence-corrected chi connectivity index (χ4v) is 2.90. The van der Waals surface area contributed by atoms with Crippen LogP contribution in [0.25, 0.3) is 0 Å². The Hall–Kier alpha value is -1.01. The maximum atomic E-state index is 13.1. The second kappa shape index (κ2) is 5.96. The van der Waals surface area contributed by atoms with Crippen LogP contribution in [0.3, 0.4) is 0 Å². The van der Waals surface area contributed by atoms with Crippen LogP contribution >= 0.6 is 22.9 Å². The number of benzene rings is 1. The highest BCUT2D eigenvalue weighted by Crippen LogP contribution is 2.34. The minimum Gasteiger partial charge on any atom is -0.386 e. The van der Waals surface area contributed by atoms with Gasteiger partial charge in [-0.25, -0.2) is 9.37 Å². The zero-order chi connectivity index (χ0) is 14.0. The number of nitrogens with two attached hydrogens (primary N) is 1. The predicted molar refractivity (Wildman–Crippen MR) is 75.0 cm³/mol. The molecule has 0 spiro atoms.